The number of aromatic nitrogens is 3. The Kier molecular flexibility index (Phi) is 9.32. The predicted molar refractivity (Wildman–Crippen MR) is 146 cm³/mol. The maximum atomic E-state index is 12.7. The number of benzene rings is 1. The van der Waals surface area contributed by atoms with E-state index in [1.165, 1.54) is 28.0 Å². The maximum Gasteiger partial charge on any atom is 0.235 e. The Morgan fingerprint density at radius 3 is 2.94 bits per heavy atom. The van der Waals surface area contributed by atoms with Gasteiger partial charge in [-0.05, 0) is 55.9 Å². The minimum Gasteiger partial charge on any atom is -0.492 e. The molecule has 0 saturated heterocycles. The van der Waals surface area contributed by atoms with Crippen LogP contribution >= 0.6 is 46.3 Å². The van der Waals surface area contributed by atoms with Crippen molar-refractivity contribution in [2.24, 2.45) is 0 Å². The number of nitrogens with one attached hydrogen (secondary N) is 1. The first kappa shape index (κ1) is 26.6. The van der Waals surface area contributed by atoms with Crippen molar-refractivity contribution in [3.05, 3.63) is 62.7 Å². The Labute approximate surface area is 228 Å². The van der Waals surface area contributed by atoms with E-state index in [0.717, 1.165) is 37.1 Å². The van der Waals surface area contributed by atoms with Gasteiger partial charge in [-0.3, -0.25) is 4.79 Å². The lowest BCUT2D eigenvalue weighted by Gasteiger charge is -2.10. The van der Waals surface area contributed by atoms with Crippen LogP contribution in [0, 0.1) is 11.3 Å². The van der Waals surface area contributed by atoms with Crippen LogP contribution in [0.15, 0.2) is 36.0 Å². The molecule has 7 nitrogen and oxygen atoms in total. The van der Waals surface area contributed by atoms with Crippen molar-refractivity contribution in [2.75, 3.05) is 17.7 Å². The number of rotatable bonds is 11. The number of hydrogen-bond acceptors (Lipinski definition) is 7. The lowest BCUT2D eigenvalue weighted by Crippen LogP contribution is -2.15. The van der Waals surface area contributed by atoms with Gasteiger partial charge in [0.15, 0.2) is 5.16 Å². The van der Waals surface area contributed by atoms with Gasteiger partial charge in [0.1, 0.15) is 22.6 Å². The summed E-state index contributed by atoms with van der Waals surface area (Å²) in [7, 11) is 0. The highest BCUT2D eigenvalue weighted by Gasteiger charge is 2.22. The zero-order valence-corrected chi connectivity index (χ0v) is 22.7. The molecule has 11 heteroatoms. The van der Waals surface area contributed by atoms with Crippen LogP contribution in [-0.4, -0.2) is 33.0 Å². The van der Waals surface area contributed by atoms with E-state index < -0.39 is 0 Å². The third kappa shape index (κ3) is 6.43. The Bertz CT molecular complexity index is 1300. The van der Waals surface area contributed by atoms with Crippen LogP contribution in [0.2, 0.25) is 10.0 Å². The summed E-state index contributed by atoms with van der Waals surface area (Å²) < 4.78 is 7.71. The number of nitrogens with zero attached hydrogens (tertiary/aromatic N) is 4. The Balaban J connectivity index is 1.32. The van der Waals surface area contributed by atoms with Crippen molar-refractivity contribution in [1.82, 2.24) is 14.8 Å². The minimum atomic E-state index is -0.168. The molecule has 0 atom stereocenters. The largest absolute Gasteiger partial charge is 0.492 e. The van der Waals surface area contributed by atoms with Crippen molar-refractivity contribution >= 4 is 57.2 Å². The van der Waals surface area contributed by atoms with Crippen molar-refractivity contribution in [2.45, 2.75) is 50.2 Å². The lowest BCUT2D eigenvalue weighted by molar-refractivity contribution is -0.113. The lowest BCUT2D eigenvalue weighted by atomic mass is 9.96. The molecule has 1 aliphatic rings. The number of allylic oxidation sites excluding steroid dienone is 1. The fourth-order valence-electron chi connectivity index (χ4n) is 3.99. The molecule has 1 N–H and O–H groups in total. The van der Waals surface area contributed by atoms with Crippen LogP contribution in [0.5, 0.6) is 5.75 Å². The third-order valence-corrected chi connectivity index (χ3v) is 8.37. The summed E-state index contributed by atoms with van der Waals surface area (Å²) in [5, 5.41) is 23.5. The minimum absolute atomic E-state index is 0.168. The van der Waals surface area contributed by atoms with Gasteiger partial charge in [0.05, 0.1) is 22.9 Å². The van der Waals surface area contributed by atoms with Gasteiger partial charge in [-0.2, -0.15) is 5.26 Å². The monoisotopic (exact) mass is 561 g/mol. The molecule has 0 bridgehead atoms. The van der Waals surface area contributed by atoms with Crippen molar-refractivity contribution in [1.29, 1.82) is 5.26 Å². The number of thiophene rings is 1. The number of fused-ring (bicyclic) bond motifs is 1. The predicted octanol–water partition coefficient (Wildman–Crippen LogP) is 6.33. The fourth-order valence-corrected chi connectivity index (χ4v) is 6.48. The second-order valence-corrected chi connectivity index (χ2v) is 11.1. The molecule has 1 aromatic carbocycles. The highest BCUT2D eigenvalue weighted by Crippen LogP contribution is 2.37. The maximum absolute atomic E-state index is 12.7. The van der Waals surface area contributed by atoms with Crippen molar-refractivity contribution in [3.63, 3.8) is 0 Å². The van der Waals surface area contributed by atoms with Crippen LogP contribution in [0.25, 0.3) is 0 Å². The molecule has 0 aliphatic heterocycles. The number of carbonyl (C=O) groups excluding carboxylic acids is 1. The first-order valence-electron chi connectivity index (χ1n) is 11.6. The van der Waals surface area contributed by atoms with Gasteiger partial charge in [-0.1, -0.05) is 41.0 Å². The van der Waals surface area contributed by atoms with E-state index in [1.807, 2.05) is 4.57 Å². The van der Waals surface area contributed by atoms with Gasteiger partial charge >= 0.3 is 0 Å². The van der Waals surface area contributed by atoms with E-state index in [1.54, 1.807) is 24.3 Å². The number of anilines is 1. The number of thioether (sulfide) groups is 1. The molecular weight excluding hydrogens is 537 g/mol. The van der Waals surface area contributed by atoms with Crippen molar-refractivity contribution in [3.8, 4) is 11.8 Å². The van der Waals surface area contributed by atoms with E-state index >= 15 is 0 Å². The molecular formula is C25H25Cl2N5O2S2. The number of amides is 1. The summed E-state index contributed by atoms with van der Waals surface area (Å²) in [6.45, 7) is 4.82. The second-order valence-electron chi connectivity index (χ2n) is 8.19. The van der Waals surface area contributed by atoms with Gasteiger partial charge in [0, 0.05) is 22.9 Å². The number of nitriles is 1. The number of ether oxygens (including phenoxy) is 1. The summed E-state index contributed by atoms with van der Waals surface area (Å²) in [6, 6.07) is 7.40. The van der Waals surface area contributed by atoms with Crippen LogP contribution in [0.3, 0.4) is 0 Å². The van der Waals surface area contributed by atoms with Crippen LogP contribution < -0.4 is 10.1 Å². The molecule has 0 fully saturated rings. The smallest absolute Gasteiger partial charge is 0.235 e. The molecule has 3 aromatic rings. The summed E-state index contributed by atoms with van der Waals surface area (Å²) in [5.74, 6) is 1.38. The number of halogens is 2. The highest BCUT2D eigenvalue weighted by atomic mass is 35.5. The fraction of sp³-hybridized carbons (Fsp3) is 0.360. The summed E-state index contributed by atoms with van der Waals surface area (Å²) in [4.78, 5) is 13.9. The van der Waals surface area contributed by atoms with Gasteiger partial charge < -0.3 is 14.6 Å². The average molecular weight is 563 g/mol. The number of hydrogen-bond donors (Lipinski definition) is 1. The normalized spacial score (nSPS) is 12.6. The van der Waals surface area contributed by atoms with Gasteiger partial charge in [0.25, 0.3) is 0 Å². The molecule has 2 heterocycles. The summed E-state index contributed by atoms with van der Waals surface area (Å²) in [6.07, 6.45) is 7.23. The molecule has 188 valence electrons. The first-order valence-corrected chi connectivity index (χ1v) is 14.1. The molecule has 2 aromatic heterocycles. The van der Waals surface area contributed by atoms with Gasteiger partial charge in [-0.15, -0.1) is 28.1 Å². The Morgan fingerprint density at radius 1 is 1.33 bits per heavy atom. The number of carbonyl (C=O) groups is 1. The second kappa shape index (κ2) is 12.6. The average Bonchev–Trinajstić information content (AvgIpc) is 3.41. The van der Waals surface area contributed by atoms with Crippen molar-refractivity contribution < 1.29 is 9.53 Å². The molecule has 0 spiro atoms. The topological polar surface area (TPSA) is 92.8 Å². The SMILES string of the molecule is C=CCn1c(CCCOc2ccc(Cl)cc2Cl)nnc1SCC(=O)Nc1sc2c(c1C#N)CCCC2. The van der Waals surface area contributed by atoms with E-state index in [-0.39, 0.29) is 11.7 Å². The standard InChI is InChI=1S/C25H25Cl2N5O2S2/c1-2-11-32-22(8-5-12-34-20-10-9-16(26)13-19(20)27)30-31-25(32)35-15-23(33)29-24-18(14-28)17-6-3-4-7-21(17)36-24/h2,9-10,13H,1,3-8,11-12,15H2,(H,29,33). The molecule has 1 amide bonds. The van der Waals surface area contributed by atoms with Crippen LogP contribution in [0.1, 0.15) is 41.1 Å². The molecule has 0 unspecified atom stereocenters. The van der Waals surface area contributed by atoms with Gasteiger partial charge in [-0.25, -0.2) is 0 Å². The van der Waals surface area contributed by atoms with E-state index in [2.05, 4.69) is 28.2 Å². The third-order valence-electron chi connectivity index (χ3n) is 5.67. The van der Waals surface area contributed by atoms with Gasteiger partial charge in [0.2, 0.25) is 5.91 Å². The van der Waals surface area contributed by atoms with Crippen LogP contribution in [0.4, 0.5) is 5.00 Å². The molecule has 0 radical (unpaired) electrons. The molecule has 1 aliphatic carbocycles. The van der Waals surface area contributed by atoms with Crippen LogP contribution in [-0.2, 0) is 30.6 Å². The summed E-state index contributed by atoms with van der Waals surface area (Å²) in [5.41, 5.74) is 1.72. The summed E-state index contributed by atoms with van der Waals surface area (Å²) >= 11 is 14.9. The molecule has 4 rings (SSSR count). The van der Waals surface area contributed by atoms with E-state index in [4.69, 9.17) is 27.9 Å². The zero-order valence-electron chi connectivity index (χ0n) is 19.6. The highest BCUT2D eigenvalue weighted by molar-refractivity contribution is 7.99. The Hall–Kier alpha value is -2.51. The van der Waals surface area contributed by atoms with E-state index in [9.17, 15) is 10.1 Å². The van der Waals surface area contributed by atoms with E-state index in [0.29, 0.717) is 57.5 Å². The zero-order chi connectivity index (χ0) is 25.5. The Morgan fingerprint density at radius 2 is 2.17 bits per heavy atom. The quantitative estimate of drug-likeness (QED) is 0.167. The number of aryl methyl sites for hydroxylation is 2. The first-order chi connectivity index (χ1) is 17.5. The molecule has 0 saturated carbocycles. The molecule has 36 heavy (non-hydrogen) atoms.